The fourth-order valence-corrected chi connectivity index (χ4v) is 3.06. The van der Waals surface area contributed by atoms with E-state index in [1.807, 2.05) is 0 Å². The molecule has 0 aliphatic carbocycles. The first-order chi connectivity index (χ1) is 14.0. The number of unbranched alkanes of at least 4 members (excludes halogenated alkanes) is 2. The lowest BCUT2D eigenvalue weighted by molar-refractivity contribution is -0.122. The van der Waals surface area contributed by atoms with Crippen LogP contribution in [0.3, 0.4) is 0 Å². The first kappa shape index (κ1) is 20.9. The molecule has 2 aromatic heterocycles. The van der Waals surface area contributed by atoms with E-state index in [2.05, 4.69) is 39.2 Å². The highest BCUT2D eigenvalue weighted by molar-refractivity contribution is 5.83. The van der Waals surface area contributed by atoms with Crippen LogP contribution in [-0.4, -0.2) is 61.1 Å². The van der Waals surface area contributed by atoms with Gasteiger partial charge >= 0.3 is 0 Å². The molecule has 1 saturated heterocycles. The Morgan fingerprint density at radius 3 is 2.90 bits per heavy atom. The summed E-state index contributed by atoms with van der Waals surface area (Å²) in [5, 5.41) is 20.6. The number of imidazole rings is 1. The number of fused-ring (bicyclic) bond motifs is 1. The van der Waals surface area contributed by atoms with E-state index in [1.54, 1.807) is 0 Å². The monoisotopic (exact) mass is 404 g/mol. The van der Waals surface area contributed by atoms with Crippen LogP contribution in [-0.2, 0) is 14.4 Å². The number of anilines is 1. The molecule has 3 heterocycles. The number of hydrogen-bond donors (Lipinski definition) is 4. The zero-order valence-corrected chi connectivity index (χ0v) is 16.2. The summed E-state index contributed by atoms with van der Waals surface area (Å²) < 4.78 is 7.14. The van der Waals surface area contributed by atoms with Crippen molar-refractivity contribution >= 4 is 22.9 Å². The summed E-state index contributed by atoms with van der Waals surface area (Å²) in [7, 11) is 1.44. The predicted molar refractivity (Wildman–Crippen MR) is 102 cm³/mol. The number of nitrogens with one attached hydrogen (secondary N) is 1. The highest BCUT2D eigenvalue weighted by Crippen LogP contribution is 2.33. The molecule has 0 aromatic carbocycles. The van der Waals surface area contributed by atoms with Crippen molar-refractivity contribution in [1.82, 2.24) is 19.5 Å². The van der Waals surface area contributed by atoms with E-state index in [9.17, 15) is 15.0 Å². The summed E-state index contributed by atoms with van der Waals surface area (Å²) in [4.78, 5) is 29.1. The van der Waals surface area contributed by atoms with Crippen molar-refractivity contribution in [3.05, 3.63) is 12.2 Å². The lowest BCUT2D eigenvalue weighted by Gasteiger charge is -2.16. The van der Waals surface area contributed by atoms with Gasteiger partial charge in [0.05, 0.1) is 26.0 Å². The first-order valence-corrected chi connectivity index (χ1v) is 9.28. The van der Waals surface area contributed by atoms with Crippen LogP contribution in [0.1, 0.15) is 44.7 Å². The van der Waals surface area contributed by atoms with Crippen LogP contribution in [0.5, 0.6) is 0 Å². The van der Waals surface area contributed by atoms with Crippen LogP contribution in [0.2, 0.25) is 0 Å². The Balaban J connectivity index is 1.99. The van der Waals surface area contributed by atoms with Gasteiger partial charge in [0.2, 0.25) is 11.7 Å². The second-order valence-electron chi connectivity index (χ2n) is 6.65. The van der Waals surface area contributed by atoms with Gasteiger partial charge in [0.25, 0.3) is 0 Å². The Labute approximate surface area is 167 Å². The minimum Gasteiger partial charge on any atom is -0.388 e. The normalized spacial score (nSPS) is 23.7. The summed E-state index contributed by atoms with van der Waals surface area (Å²) in [6, 6.07) is 0. The molecule has 3 rings (SSSR count). The van der Waals surface area contributed by atoms with Crippen LogP contribution in [0, 0.1) is 11.8 Å². The summed E-state index contributed by atoms with van der Waals surface area (Å²) in [5.74, 6) is 5.83. The number of primary amides is 1. The highest BCUT2D eigenvalue weighted by Gasteiger charge is 2.44. The van der Waals surface area contributed by atoms with Crippen LogP contribution in [0.4, 0.5) is 5.82 Å². The fourth-order valence-electron chi connectivity index (χ4n) is 3.06. The van der Waals surface area contributed by atoms with Gasteiger partial charge in [-0.1, -0.05) is 19.3 Å². The Kier molecular flexibility index (Phi) is 6.60. The molecule has 11 heteroatoms. The molecule has 0 spiro atoms. The van der Waals surface area contributed by atoms with Crippen LogP contribution in [0.25, 0.3) is 11.2 Å². The second-order valence-corrected chi connectivity index (χ2v) is 6.65. The number of nitrogens with zero attached hydrogens (tertiary/aromatic N) is 4. The van der Waals surface area contributed by atoms with Crippen molar-refractivity contribution in [2.24, 2.45) is 5.73 Å². The lowest BCUT2D eigenvalue weighted by Crippen LogP contribution is -2.33. The standard InChI is InChI=1S/C18H24N6O5/c1-3-4-5-6-7-12-21-16(23-28-2)13-17(22-12)24(9-20-13)18-15(27)14(26)10(29-18)8-11(19)25/h9-10,14-15,18,26-27H,3-5,8H2,1-2H3,(H2,19,25)(H,21,22,23)/t10-,14+,15+,18+/m0/s1. The molecular weight excluding hydrogens is 380 g/mol. The Hall–Kier alpha value is -2.78. The Morgan fingerprint density at radius 1 is 1.41 bits per heavy atom. The maximum absolute atomic E-state index is 11.2. The molecule has 29 heavy (non-hydrogen) atoms. The predicted octanol–water partition coefficient (Wildman–Crippen LogP) is -0.164. The third kappa shape index (κ3) is 4.46. The average Bonchev–Trinajstić information content (AvgIpc) is 3.22. The van der Waals surface area contributed by atoms with E-state index < -0.39 is 30.4 Å². The van der Waals surface area contributed by atoms with Gasteiger partial charge in [-0.15, -0.1) is 0 Å². The van der Waals surface area contributed by atoms with E-state index in [-0.39, 0.29) is 12.2 Å². The van der Waals surface area contributed by atoms with Crippen molar-refractivity contribution in [2.75, 3.05) is 12.6 Å². The van der Waals surface area contributed by atoms with Gasteiger partial charge in [-0.05, 0) is 12.3 Å². The van der Waals surface area contributed by atoms with Gasteiger partial charge in [-0.2, -0.15) is 4.98 Å². The van der Waals surface area contributed by atoms with Crippen molar-refractivity contribution in [2.45, 2.75) is 57.1 Å². The molecule has 1 aliphatic rings. The molecule has 0 saturated carbocycles. The number of nitrogens with two attached hydrogens (primary N) is 1. The highest BCUT2D eigenvalue weighted by atomic mass is 16.6. The van der Waals surface area contributed by atoms with Crippen molar-refractivity contribution < 1.29 is 24.6 Å². The number of carbonyl (C=O) groups excluding carboxylic acids is 1. The zero-order chi connectivity index (χ0) is 21.0. The lowest BCUT2D eigenvalue weighted by atomic mass is 10.1. The molecular formula is C18H24N6O5. The number of rotatable bonds is 7. The number of aliphatic hydroxyl groups excluding tert-OH is 2. The quantitative estimate of drug-likeness (QED) is 0.279. The Bertz CT molecular complexity index is 936. The van der Waals surface area contributed by atoms with E-state index >= 15 is 0 Å². The minimum absolute atomic E-state index is 0.221. The van der Waals surface area contributed by atoms with Crippen LogP contribution in [0.15, 0.2) is 6.33 Å². The summed E-state index contributed by atoms with van der Waals surface area (Å²) in [5.41, 5.74) is 8.53. The van der Waals surface area contributed by atoms with Gasteiger partial charge < -0.3 is 20.7 Å². The number of hydrogen-bond acceptors (Lipinski definition) is 9. The molecule has 1 aliphatic heterocycles. The fraction of sp³-hybridized carbons (Fsp3) is 0.556. The van der Waals surface area contributed by atoms with Gasteiger partial charge in [0.15, 0.2) is 23.2 Å². The van der Waals surface area contributed by atoms with E-state index in [1.165, 1.54) is 18.0 Å². The van der Waals surface area contributed by atoms with E-state index in [0.29, 0.717) is 17.0 Å². The second kappa shape index (κ2) is 9.15. The van der Waals surface area contributed by atoms with Crippen molar-refractivity contribution in [3.8, 4) is 11.8 Å². The van der Waals surface area contributed by atoms with Crippen molar-refractivity contribution in [3.63, 3.8) is 0 Å². The molecule has 2 aromatic rings. The zero-order valence-electron chi connectivity index (χ0n) is 16.2. The third-order valence-corrected chi connectivity index (χ3v) is 4.49. The first-order valence-electron chi connectivity index (χ1n) is 9.28. The Morgan fingerprint density at radius 2 is 2.21 bits per heavy atom. The van der Waals surface area contributed by atoms with Gasteiger partial charge in [0.1, 0.15) is 12.2 Å². The average molecular weight is 404 g/mol. The molecule has 1 amide bonds. The molecule has 11 nitrogen and oxygen atoms in total. The molecule has 4 atom stereocenters. The molecule has 0 unspecified atom stereocenters. The maximum Gasteiger partial charge on any atom is 0.220 e. The van der Waals surface area contributed by atoms with Crippen LogP contribution < -0.4 is 11.2 Å². The van der Waals surface area contributed by atoms with Crippen molar-refractivity contribution in [1.29, 1.82) is 0 Å². The van der Waals surface area contributed by atoms with E-state index in [0.717, 1.165) is 19.3 Å². The number of carbonyl (C=O) groups is 1. The molecule has 5 N–H and O–H groups in total. The largest absolute Gasteiger partial charge is 0.388 e. The molecule has 0 bridgehead atoms. The summed E-state index contributed by atoms with van der Waals surface area (Å²) >= 11 is 0. The summed E-state index contributed by atoms with van der Waals surface area (Å²) in [6.07, 6.45) is -0.622. The third-order valence-electron chi connectivity index (χ3n) is 4.49. The molecule has 0 radical (unpaired) electrons. The number of ether oxygens (including phenoxy) is 1. The SMILES string of the molecule is CCCCC#Cc1nc(NOC)c2ncn([C@@H]3O[C@@H](CC(N)=O)[C@@H](O)[C@H]3O)c2n1. The smallest absolute Gasteiger partial charge is 0.220 e. The number of aliphatic hydroxyl groups is 2. The maximum atomic E-state index is 11.2. The van der Waals surface area contributed by atoms with Crippen LogP contribution >= 0.6 is 0 Å². The minimum atomic E-state index is -1.30. The van der Waals surface area contributed by atoms with E-state index in [4.69, 9.17) is 15.3 Å². The van der Waals surface area contributed by atoms with Gasteiger partial charge in [-0.3, -0.25) is 14.2 Å². The summed E-state index contributed by atoms with van der Waals surface area (Å²) in [6.45, 7) is 2.08. The van der Waals surface area contributed by atoms with Gasteiger partial charge in [0, 0.05) is 6.42 Å². The number of aromatic nitrogens is 4. The number of amides is 1. The molecule has 156 valence electrons. The topological polar surface area (TPSA) is 158 Å². The van der Waals surface area contributed by atoms with Gasteiger partial charge in [-0.25, -0.2) is 15.4 Å². The molecule has 1 fully saturated rings.